The van der Waals surface area contributed by atoms with Crippen molar-refractivity contribution in [3.8, 4) is 16.8 Å². The molecule has 0 saturated heterocycles. The maximum absolute atomic E-state index is 6.02. The van der Waals surface area contributed by atoms with E-state index in [0.717, 1.165) is 49.2 Å². The van der Waals surface area contributed by atoms with E-state index < -0.39 is 0 Å². The Kier molecular flexibility index (Phi) is 6.27. The molecule has 4 aromatic rings. The number of aromatic nitrogens is 7. The largest absolute Gasteiger partial charge is 0.380 e. The Labute approximate surface area is 192 Å². The van der Waals surface area contributed by atoms with E-state index >= 15 is 0 Å². The lowest BCUT2D eigenvalue weighted by Gasteiger charge is -2.11. The maximum Gasteiger partial charge on any atom is 0.224 e. The highest BCUT2D eigenvalue weighted by Gasteiger charge is 2.21. The zero-order chi connectivity index (χ0) is 22.6. The lowest BCUT2D eigenvalue weighted by molar-refractivity contribution is 0.136. The van der Waals surface area contributed by atoms with Gasteiger partial charge < -0.3 is 15.8 Å². The number of hydrogen-bond acceptors (Lipinski definition) is 8. The molecule has 1 aliphatic rings. The van der Waals surface area contributed by atoms with Crippen LogP contribution in [0.5, 0.6) is 0 Å². The molecule has 3 aromatic heterocycles. The number of nitrogens with one attached hydrogen (secondary N) is 1. The summed E-state index contributed by atoms with van der Waals surface area (Å²) in [5.74, 6) is 1.15. The Morgan fingerprint density at radius 1 is 1.15 bits per heavy atom. The van der Waals surface area contributed by atoms with Gasteiger partial charge >= 0.3 is 0 Å². The molecule has 5 rings (SSSR count). The van der Waals surface area contributed by atoms with Crippen LogP contribution in [0, 0.1) is 5.92 Å². The molecule has 10 nitrogen and oxygen atoms in total. The number of hydrogen-bond donors (Lipinski definition) is 2. The normalized spacial score (nSPS) is 18.2. The van der Waals surface area contributed by atoms with Gasteiger partial charge in [-0.3, -0.25) is 4.68 Å². The van der Waals surface area contributed by atoms with Gasteiger partial charge in [-0.15, -0.1) is 5.10 Å². The summed E-state index contributed by atoms with van der Waals surface area (Å²) >= 11 is 0. The van der Waals surface area contributed by atoms with Crippen LogP contribution >= 0.6 is 0 Å². The molecule has 3 heterocycles. The molecule has 0 radical (unpaired) electrons. The van der Waals surface area contributed by atoms with Crippen LogP contribution < -0.4 is 11.1 Å². The summed E-state index contributed by atoms with van der Waals surface area (Å²) in [7, 11) is 0. The summed E-state index contributed by atoms with van der Waals surface area (Å²) in [4.78, 5) is 9.06. The van der Waals surface area contributed by atoms with Gasteiger partial charge in [-0.2, -0.15) is 14.8 Å². The van der Waals surface area contributed by atoms with Gasteiger partial charge in [-0.1, -0.05) is 17.3 Å². The summed E-state index contributed by atoms with van der Waals surface area (Å²) in [6, 6.07) is 8.44. The fraction of sp³-hybridized carbons (Fsp3) is 0.435. The van der Waals surface area contributed by atoms with Gasteiger partial charge in [0.2, 0.25) is 5.95 Å². The Bertz CT molecular complexity index is 1200. The van der Waals surface area contributed by atoms with E-state index in [2.05, 4.69) is 42.8 Å². The fourth-order valence-electron chi connectivity index (χ4n) is 4.25. The Balaban J connectivity index is 1.30. The van der Waals surface area contributed by atoms with Crippen molar-refractivity contribution >= 4 is 17.1 Å². The summed E-state index contributed by atoms with van der Waals surface area (Å²) in [5.41, 5.74) is 10.4. The minimum absolute atomic E-state index is 0.318. The second-order valence-electron chi connectivity index (χ2n) is 8.46. The summed E-state index contributed by atoms with van der Waals surface area (Å²) < 4.78 is 9.04. The zero-order valence-corrected chi connectivity index (χ0v) is 18.8. The first-order chi connectivity index (χ1) is 16.2. The van der Waals surface area contributed by atoms with Crippen LogP contribution in [0.3, 0.4) is 0 Å². The average Bonchev–Trinajstić information content (AvgIpc) is 3.58. The zero-order valence-electron chi connectivity index (χ0n) is 18.8. The van der Waals surface area contributed by atoms with Gasteiger partial charge in [0.15, 0.2) is 11.2 Å². The topological polar surface area (TPSA) is 122 Å². The molecule has 33 heavy (non-hydrogen) atoms. The molecule has 0 spiro atoms. The smallest absolute Gasteiger partial charge is 0.224 e. The monoisotopic (exact) mass is 447 g/mol. The molecular weight excluding hydrogens is 418 g/mol. The highest BCUT2D eigenvalue weighted by molar-refractivity contribution is 5.72. The SMILES string of the molecule is CCOCCn1cc(-c2ccc(-n3nnc4cnc(NCC5CC[C@@H](N)C5)nc43)cc2)cn1. The number of anilines is 1. The Morgan fingerprint density at radius 3 is 2.82 bits per heavy atom. The van der Waals surface area contributed by atoms with E-state index in [1.165, 1.54) is 0 Å². The second kappa shape index (κ2) is 9.63. The molecule has 1 aromatic carbocycles. The number of nitrogens with two attached hydrogens (primary N) is 1. The molecule has 2 atom stereocenters. The van der Waals surface area contributed by atoms with Crippen molar-refractivity contribution in [2.45, 2.75) is 38.8 Å². The third-order valence-electron chi connectivity index (χ3n) is 6.07. The standard InChI is InChI=1S/C23H29N9O/c1-2-33-10-9-31-15-18(13-27-31)17-4-7-20(8-5-17)32-22-21(29-30-32)14-26-23(28-22)25-12-16-3-6-19(24)11-16/h4-5,7-8,13-16,19H,2-3,6,9-12,24H2,1H3,(H,25,26,28)/t16?,19-/m1/s1. The number of nitrogens with zero attached hydrogens (tertiary/aromatic N) is 7. The lowest BCUT2D eigenvalue weighted by Crippen LogP contribution is -2.18. The van der Waals surface area contributed by atoms with Crippen LogP contribution in [0.25, 0.3) is 28.0 Å². The van der Waals surface area contributed by atoms with E-state index in [4.69, 9.17) is 10.5 Å². The van der Waals surface area contributed by atoms with Gasteiger partial charge in [-0.25, -0.2) is 4.98 Å². The van der Waals surface area contributed by atoms with Crippen molar-refractivity contribution in [1.82, 2.24) is 34.7 Å². The van der Waals surface area contributed by atoms with E-state index in [1.807, 2.05) is 36.1 Å². The maximum atomic E-state index is 6.02. The van der Waals surface area contributed by atoms with Crippen LogP contribution in [0.2, 0.25) is 0 Å². The highest BCUT2D eigenvalue weighted by Crippen LogP contribution is 2.25. The van der Waals surface area contributed by atoms with Crippen LogP contribution in [0.4, 0.5) is 5.95 Å². The van der Waals surface area contributed by atoms with Crippen molar-refractivity contribution in [1.29, 1.82) is 0 Å². The van der Waals surface area contributed by atoms with E-state index in [9.17, 15) is 0 Å². The van der Waals surface area contributed by atoms with Gasteiger partial charge in [0.25, 0.3) is 0 Å². The first-order valence-electron chi connectivity index (χ1n) is 11.5. The minimum Gasteiger partial charge on any atom is -0.380 e. The number of fused-ring (bicyclic) bond motifs is 1. The van der Waals surface area contributed by atoms with Gasteiger partial charge in [0, 0.05) is 31.0 Å². The summed E-state index contributed by atoms with van der Waals surface area (Å²) in [6.07, 6.45) is 8.89. The molecule has 172 valence electrons. The highest BCUT2D eigenvalue weighted by atomic mass is 16.5. The van der Waals surface area contributed by atoms with Crippen LogP contribution in [0.15, 0.2) is 42.9 Å². The van der Waals surface area contributed by atoms with Crippen molar-refractivity contribution in [3.63, 3.8) is 0 Å². The molecule has 1 unspecified atom stereocenters. The quantitative estimate of drug-likeness (QED) is 0.376. The lowest BCUT2D eigenvalue weighted by atomic mass is 10.1. The molecule has 0 bridgehead atoms. The molecule has 1 saturated carbocycles. The van der Waals surface area contributed by atoms with E-state index in [1.54, 1.807) is 10.9 Å². The molecular formula is C23H29N9O. The predicted molar refractivity (Wildman–Crippen MR) is 126 cm³/mol. The van der Waals surface area contributed by atoms with Crippen molar-refractivity contribution in [3.05, 3.63) is 42.9 Å². The third kappa shape index (κ3) is 4.86. The van der Waals surface area contributed by atoms with E-state index in [-0.39, 0.29) is 0 Å². The number of benzene rings is 1. The van der Waals surface area contributed by atoms with Crippen LogP contribution in [-0.2, 0) is 11.3 Å². The van der Waals surface area contributed by atoms with Crippen molar-refractivity contribution in [2.75, 3.05) is 25.1 Å². The number of rotatable bonds is 9. The summed E-state index contributed by atoms with van der Waals surface area (Å²) in [6.45, 7) is 4.92. The Morgan fingerprint density at radius 2 is 2.03 bits per heavy atom. The van der Waals surface area contributed by atoms with Crippen LogP contribution in [0.1, 0.15) is 26.2 Å². The minimum atomic E-state index is 0.318. The van der Waals surface area contributed by atoms with Gasteiger partial charge in [0.1, 0.15) is 0 Å². The van der Waals surface area contributed by atoms with E-state index in [0.29, 0.717) is 42.3 Å². The number of ether oxygens (including phenoxy) is 1. The van der Waals surface area contributed by atoms with Gasteiger partial charge in [-0.05, 0) is 49.8 Å². The molecule has 1 aliphatic carbocycles. The van der Waals surface area contributed by atoms with Crippen molar-refractivity contribution < 1.29 is 4.74 Å². The average molecular weight is 448 g/mol. The molecule has 10 heteroatoms. The molecule has 3 N–H and O–H groups in total. The first kappa shape index (κ1) is 21.5. The van der Waals surface area contributed by atoms with Gasteiger partial charge in [0.05, 0.1) is 31.2 Å². The predicted octanol–water partition coefficient (Wildman–Crippen LogP) is 2.65. The molecule has 0 amide bonds. The third-order valence-corrected chi connectivity index (χ3v) is 6.07. The first-order valence-corrected chi connectivity index (χ1v) is 11.5. The molecule has 1 fully saturated rings. The van der Waals surface area contributed by atoms with Crippen molar-refractivity contribution in [2.24, 2.45) is 11.7 Å². The summed E-state index contributed by atoms with van der Waals surface area (Å²) in [5, 5.41) is 16.3. The Hall–Kier alpha value is -3.37. The fourth-order valence-corrected chi connectivity index (χ4v) is 4.25. The molecule has 0 aliphatic heterocycles. The van der Waals surface area contributed by atoms with Crippen LogP contribution in [-0.4, -0.2) is 60.5 Å². The second-order valence-corrected chi connectivity index (χ2v) is 8.46.